The summed E-state index contributed by atoms with van der Waals surface area (Å²) in [5.74, 6) is 0.157. The average molecular weight is 366 g/mol. The molecule has 0 unspecified atom stereocenters. The molecule has 114 valence electrons. The number of nitrogens with zero attached hydrogens (tertiary/aromatic N) is 4. The molecule has 9 heteroatoms. The topological polar surface area (TPSA) is 99.0 Å². The molecule has 0 atom stereocenters. The lowest BCUT2D eigenvalue weighted by molar-refractivity contribution is 0.0909. The first-order valence-electron chi connectivity index (χ1n) is 6.56. The average Bonchev–Trinajstić information content (AvgIpc) is 3.24. The molecule has 8 nitrogen and oxygen atoms in total. The molecule has 0 saturated heterocycles. The van der Waals surface area contributed by atoms with Crippen molar-refractivity contribution in [3.63, 3.8) is 0 Å². The van der Waals surface area contributed by atoms with Crippen LogP contribution in [0.5, 0.6) is 0 Å². The summed E-state index contributed by atoms with van der Waals surface area (Å²) in [6.45, 7) is 1.27. The van der Waals surface area contributed by atoms with E-state index in [9.17, 15) is 4.79 Å². The zero-order valence-corrected chi connectivity index (χ0v) is 13.0. The molecule has 0 spiro atoms. The Bertz CT molecular complexity index is 749. The Morgan fingerprint density at radius 1 is 1.41 bits per heavy atom. The second-order valence-electron chi connectivity index (χ2n) is 4.44. The van der Waals surface area contributed by atoms with Crippen molar-refractivity contribution in [1.82, 2.24) is 25.0 Å². The number of hydrogen-bond acceptors (Lipinski definition) is 6. The van der Waals surface area contributed by atoms with Crippen molar-refractivity contribution >= 4 is 21.8 Å². The van der Waals surface area contributed by atoms with Crippen LogP contribution in [-0.2, 0) is 6.54 Å². The molecule has 3 aromatic heterocycles. The van der Waals surface area contributed by atoms with Gasteiger partial charge in [0.2, 0.25) is 5.82 Å². The highest BCUT2D eigenvalue weighted by Gasteiger charge is 2.17. The minimum Gasteiger partial charge on any atom is -0.446 e. The van der Waals surface area contributed by atoms with E-state index in [1.165, 1.54) is 0 Å². The fourth-order valence-electron chi connectivity index (χ4n) is 1.81. The van der Waals surface area contributed by atoms with E-state index in [4.69, 9.17) is 8.94 Å². The molecule has 3 heterocycles. The molecular weight excluding hydrogens is 354 g/mol. The predicted molar refractivity (Wildman–Crippen MR) is 78.9 cm³/mol. The lowest BCUT2D eigenvalue weighted by Crippen LogP contribution is -2.25. The molecule has 0 fully saturated rings. The zero-order chi connectivity index (χ0) is 15.4. The van der Waals surface area contributed by atoms with Gasteiger partial charge in [-0.2, -0.15) is 4.98 Å². The zero-order valence-electron chi connectivity index (χ0n) is 11.4. The summed E-state index contributed by atoms with van der Waals surface area (Å²) in [4.78, 5) is 19.8. The summed E-state index contributed by atoms with van der Waals surface area (Å²) in [5, 5.41) is 6.44. The monoisotopic (exact) mass is 365 g/mol. The van der Waals surface area contributed by atoms with Gasteiger partial charge in [0.1, 0.15) is 0 Å². The number of aryl methyl sites for hydroxylation is 1. The molecule has 0 bridgehead atoms. The highest BCUT2D eigenvalue weighted by atomic mass is 79.9. The van der Waals surface area contributed by atoms with E-state index in [0.29, 0.717) is 17.0 Å². The Hall–Kier alpha value is -2.42. The number of nitrogens with one attached hydrogen (secondary N) is 1. The van der Waals surface area contributed by atoms with Gasteiger partial charge in [-0.25, -0.2) is 4.98 Å². The van der Waals surface area contributed by atoms with Crippen LogP contribution in [0.2, 0.25) is 0 Å². The third-order valence-corrected chi connectivity index (χ3v) is 3.28. The summed E-state index contributed by atoms with van der Waals surface area (Å²) in [6.07, 6.45) is 6.08. The van der Waals surface area contributed by atoms with Crippen LogP contribution >= 0.6 is 15.9 Å². The molecule has 3 aromatic rings. The van der Waals surface area contributed by atoms with Crippen LogP contribution in [-0.4, -0.2) is 32.1 Å². The van der Waals surface area contributed by atoms with E-state index in [-0.39, 0.29) is 11.7 Å². The maximum absolute atomic E-state index is 11.9. The third kappa shape index (κ3) is 3.42. The fourth-order valence-corrected chi connectivity index (χ4v) is 2.11. The Balaban J connectivity index is 1.51. The molecule has 0 aliphatic heterocycles. The van der Waals surface area contributed by atoms with E-state index < -0.39 is 5.91 Å². The van der Waals surface area contributed by atoms with Crippen molar-refractivity contribution in [3.8, 4) is 11.6 Å². The van der Waals surface area contributed by atoms with Crippen LogP contribution in [0.4, 0.5) is 0 Å². The number of carbonyl (C=O) groups excluding carboxylic acids is 1. The molecule has 0 aromatic carbocycles. The van der Waals surface area contributed by atoms with Crippen LogP contribution in [0.25, 0.3) is 11.6 Å². The normalized spacial score (nSPS) is 10.8. The molecule has 0 saturated carbocycles. The summed E-state index contributed by atoms with van der Waals surface area (Å²) in [7, 11) is 0. The van der Waals surface area contributed by atoms with Gasteiger partial charge in [-0.1, -0.05) is 5.16 Å². The van der Waals surface area contributed by atoms with Crippen molar-refractivity contribution in [3.05, 3.63) is 41.4 Å². The molecule has 0 aliphatic carbocycles. The van der Waals surface area contributed by atoms with E-state index in [1.54, 1.807) is 24.7 Å². The van der Waals surface area contributed by atoms with Crippen LogP contribution in [0.15, 0.2) is 44.5 Å². The van der Waals surface area contributed by atoms with E-state index in [2.05, 4.69) is 36.4 Å². The van der Waals surface area contributed by atoms with Gasteiger partial charge in [0, 0.05) is 25.5 Å². The fraction of sp³-hybridized carbons (Fsp3) is 0.231. The number of rotatable bonds is 6. The standard InChI is InChI=1S/C13H12BrN5O3/c14-10-3-2-9(21-10)11-17-13(22-18-11)12(20)16-4-1-6-19-7-5-15-8-19/h2-3,5,7-8H,1,4,6H2,(H,16,20). The van der Waals surface area contributed by atoms with E-state index in [0.717, 1.165) is 13.0 Å². The van der Waals surface area contributed by atoms with Crippen LogP contribution in [0, 0.1) is 0 Å². The van der Waals surface area contributed by atoms with Crippen LogP contribution < -0.4 is 5.32 Å². The highest BCUT2D eigenvalue weighted by molar-refractivity contribution is 9.10. The van der Waals surface area contributed by atoms with Crippen molar-refractivity contribution in [2.75, 3.05) is 6.54 Å². The smallest absolute Gasteiger partial charge is 0.316 e. The Labute approximate surface area is 133 Å². The van der Waals surface area contributed by atoms with E-state index >= 15 is 0 Å². The van der Waals surface area contributed by atoms with Gasteiger partial charge in [0.15, 0.2) is 10.4 Å². The molecule has 1 N–H and O–H groups in total. The van der Waals surface area contributed by atoms with Gasteiger partial charge >= 0.3 is 11.8 Å². The third-order valence-electron chi connectivity index (χ3n) is 2.85. The number of furan rings is 1. The van der Waals surface area contributed by atoms with E-state index in [1.807, 2.05) is 10.8 Å². The number of carbonyl (C=O) groups is 1. The summed E-state index contributed by atoms with van der Waals surface area (Å²) < 4.78 is 12.7. The number of imidazole rings is 1. The predicted octanol–water partition coefficient (Wildman–Crippen LogP) is 2.11. The first-order valence-corrected chi connectivity index (χ1v) is 7.35. The number of halogens is 1. The molecule has 1 amide bonds. The Morgan fingerprint density at radius 2 is 2.32 bits per heavy atom. The number of hydrogen-bond donors (Lipinski definition) is 1. The minimum atomic E-state index is -0.407. The molecule has 0 aliphatic rings. The SMILES string of the molecule is O=C(NCCCn1ccnc1)c1nc(-c2ccc(Br)o2)no1. The van der Waals surface area contributed by atoms with Gasteiger partial charge < -0.3 is 18.8 Å². The molecule has 22 heavy (non-hydrogen) atoms. The highest BCUT2D eigenvalue weighted by Crippen LogP contribution is 2.22. The Morgan fingerprint density at radius 3 is 3.05 bits per heavy atom. The first-order chi connectivity index (χ1) is 10.7. The lowest BCUT2D eigenvalue weighted by Gasteiger charge is -2.02. The summed E-state index contributed by atoms with van der Waals surface area (Å²) >= 11 is 3.19. The van der Waals surface area contributed by atoms with Crippen molar-refractivity contribution < 1.29 is 13.7 Å². The van der Waals surface area contributed by atoms with Gasteiger partial charge in [-0.3, -0.25) is 4.79 Å². The van der Waals surface area contributed by atoms with Crippen LogP contribution in [0.1, 0.15) is 17.1 Å². The van der Waals surface area contributed by atoms with Crippen molar-refractivity contribution in [2.24, 2.45) is 0 Å². The van der Waals surface area contributed by atoms with Crippen molar-refractivity contribution in [1.29, 1.82) is 0 Å². The van der Waals surface area contributed by atoms with Crippen molar-refractivity contribution in [2.45, 2.75) is 13.0 Å². The van der Waals surface area contributed by atoms with Gasteiger partial charge in [-0.05, 0) is 34.5 Å². The minimum absolute atomic E-state index is 0.0925. The largest absolute Gasteiger partial charge is 0.446 e. The lowest BCUT2D eigenvalue weighted by atomic mass is 10.4. The quantitative estimate of drug-likeness (QED) is 0.671. The number of amides is 1. The Kier molecular flexibility index (Phi) is 4.33. The maximum Gasteiger partial charge on any atom is 0.316 e. The van der Waals surface area contributed by atoms with Gasteiger partial charge in [0.05, 0.1) is 6.33 Å². The summed E-state index contributed by atoms with van der Waals surface area (Å²) in [6, 6.07) is 3.39. The molecule has 3 rings (SSSR count). The maximum atomic E-state index is 11.9. The molecular formula is C13H12BrN5O3. The second kappa shape index (κ2) is 6.56. The first kappa shape index (κ1) is 14.5. The summed E-state index contributed by atoms with van der Waals surface area (Å²) in [5.41, 5.74) is 0. The van der Waals surface area contributed by atoms with Gasteiger partial charge in [0.25, 0.3) is 0 Å². The number of aromatic nitrogens is 4. The van der Waals surface area contributed by atoms with Crippen LogP contribution in [0.3, 0.4) is 0 Å². The second-order valence-corrected chi connectivity index (χ2v) is 5.22. The van der Waals surface area contributed by atoms with Gasteiger partial charge in [-0.15, -0.1) is 0 Å². The molecule has 0 radical (unpaired) electrons.